The number of nitrogens with zero attached hydrogens (tertiary/aromatic N) is 2. The van der Waals surface area contributed by atoms with Gasteiger partial charge in [-0.2, -0.15) is 0 Å². The fourth-order valence-electron chi connectivity index (χ4n) is 1.97. The molecular weight excluding hydrogens is 244 g/mol. The van der Waals surface area contributed by atoms with Crippen molar-refractivity contribution in [3.8, 4) is 5.75 Å². The minimum atomic E-state index is -0.00962. The van der Waals surface area contributed by atoms with Crippen molar-refractivity contribution >= 4 is 12.2 Å². The average Bonchev–Trinajstić information content (AvgIpc) is 2.46. The summed E-state index contributed by atoms with van der Waals surface area (Å²) in [4.78, 5) is 26.6. The van der Waals surface area contributed by atoms with Gasteiger partial charge in [0.05, 0.1) is 0 Å². The van der Waals surface area contributed by atoms with E-state index in [0.717, 1.165) is 32.5 Å². The summed E-state index contributed by atoms with van der Waals surface area (Å²) in [6, 6.07) is 6.80. The Morgan fingerprint density at radius 3 is 2.74 bits per heavy atom. The van der Waals surface area contributed by atoms with Crippen LogP contribution in [0.3, 0.4) is 0 Å². The van der Waals surface area contributed by atoms with Gasteiger partial charge >= 0.3 is 0 Å². The normalized spacial score (nSPS) is 16.2. The second kappa shape index (κ2) is 6.33. The molecule has 0 atom stereocenters. The van der Waals surface area contributed by atoms with Gasteiger partial charge in [0.1, 0.15) is 12.0 Å². The van der Waals surface area contributed by atoms with E-state index in [-0.39, 0.29) is 12.5 Å². The summed E-state index contributed by atoms with van der Waals surface area (Å²) in [6.45, 7) is 3.30. The number of benzene rings is 1. The predicted molar refractivity (Wildman–Crippen MR) is 71.4 cm³/mol. The van der Waals surface area contributed by atoms with Gasteiger partial charge in [-0.15, -0.1) is 0 Å². The second-order valence-electron chi connectivity index (χ2n) is 4.66. The monoisotopic (exact) mass is 262 g/mol. The molecule has 102 valence electrons. The maximum atomic E-state index is 11.9. The van der Waals surface area contributed by atoms with Crippen LogP contribution in [0.5, 0.6) is 5.75 Å². The van der Waals surface area contributed by atoms with E-state index in [9.17, 15) is 9.59 Å². The molecule has 1 amide bonds. The zero-order chi connectivity index (χ0) is 13.7. The van der Waals surface area contributed by atoms with E-state index in [0.29, 0.717) is 11.3 Å². The lowest BCUT2D eigenvalue weighted by Crippen LogP contribution is -2.48. The van der Waals surface area contributed by atoms with E-state index >= 15 is 0 Å². The molecule has 0 radical (unpaired) electrons. The van der Waals surface area contributed by atoms with Crippen LogP contribution in [-0.2, 0) is 4.79 Å². The van der Waals surface area contributed by atoms with Gasteiger partial charge in [-0.1, -0.05) is 12.1 Å². The van der Waals surface area contributed by atoms with E-state index in [1.54, 1.807) is 24.3 Å². The third-order valence-electron chi connectivity index (χ3n) is 3.21. The van der Waals surface area contributed by atoms with Gasteiger partial charge in [0, 0.05) is 31.7 Å². The molecule has 0 unspecified atom stereocenters. The van der Waals surface area contributed by atoms with Crippen molar-refractivity contribution in [2.45, 2.75) is 0 Å². The lowest BCUT2D eigenvalue weighted by molar-refractivity contribution is -0.134. The number of rotatable bonds is 4. The van der Waals surface area contributed by atoms with Crippen LogP contribution in [-0.4, -0.2) is 61.8 Å². The summed E-state index contributed by atoms with van der Waals surface area (Å²) >= 11 is 0. The van der Waals surface area contributed by atoms with E-state index < -0.39 is 0 Å². The highest BCUT2D eigenvalue weighted by molar-refractivity contribution is 5.78. The SMILES string of the molecule is CN1CCN(C(=O)COc2cccc(C=O)c2)CC1. The molecule has 1 fully saturated rings. The number of likely N-dealkylation sites (N-methyl/N-ethyl adjacent to an activating group) is 1. The lowest BCUT2D eigenvalue weighted by Gasteiger charge is -2.32. The highest BCUT2D eigenvalue weighted by Gasteiger charge is 2.19. The Morgan fingerprint density at radius 1 is 1.32 bits per heavy atom. The smallest absolute Gasteiger partial charge is 0.260 e. The van der Waals surface area contributed by atoms with E-state index in [4.69, 9.17) is 4.74 Å². The minimum absolute atomic E-state index is 0.00962. The summed E-state index contributed by atoms with van der Waals surface area (Å²) in [7, 11) is 2.04. The van der Waals surface area contributed by atoms with Crippen LogP contribution in [0.15, 0.2) is 24.3 Å². The maximum absolute atomic E-state index is 11.9. The first-order chi connectivity index (χ1) is 9.19. The van der Waals surface area contributed by atoms with Crippen molar-refractivity contribution in [3.05, 3.63) is 29.8 Å². The fraction of sp³-hybridized carbons (Fsp3) is 0.429. The summed E-state index contributed by atoms with van der Waals surface area (Å²) in [5.74, 6) is 0.539. The van der Waals surface area contributed by atoms with Crippen LogP contribution in [0.25, 0.3) is 0 Å². The van der Waals surface area contributed by atoms with E-state index in [1.165, 1.54) is 0 Å². The third kappa shape index (κ3) is 3.79. The lowest BCUT2D eigenvalue weighted by atomic mass is 10.2. The van der Waals surface area contributed by atoms with Gasteiger partial charge in [-0.25, -0.2) is 0 Å². The molecule has 1 aromatic rings. The molecular formula is C14H18N2O3. The van der Waals surface area contributed by atoms with Gasteiger partial charge in [0.15, 0.2) is 6.61 Å². The zero-order valence-corrected chi connectivity index (χ0v) is 11.0. The topological polar surface area (TPSA) is 49.9 Å². The van der Waals surface area contributed by atoms with Crippen molar-refractivity contribution in [2.75, 3.05) is 39.8 Å². The molecule has 5 heteroatoms. The van der Waals surface area contributed by atoms with E-state index in [1.807, 2.05) is 11.9 Å². The second-order valence-corrected chi connectivity index (χ2v) is 4.66. The summed E-state index contributed by atoms with van der Waals surface area (Å²) < 4.78 is 5.43. The first kappa shape index (κ1) is 13.5. The first-order valence-electron chi connectivity index (χ1n) is 6.33. The molecule has 2 rings (SSSR count). The number of carbonyl (C=O) groups is 2. The van der Waals surface area contributed by atoms with Gasteiger partial charge in [0.25, 0.3) is 5.91 Å². The molecule has 5 nitrogen and oxygen atoms in total. The Bertz CT molecular complexity index is 454. The van der Waals surface area contributed by atoms with Crippen LogP contribution in [0, 0.1) is 0 Å². The fourth-order valence-corrected chi connectivity index (χ4v) is 1.97. The quantitative estimate of drug-likeness (QED) is 0.748. The Kier molecular flexibility index (Phi) is 4.52. The Hall–Kier alpha value is -1.88. The number of aldehydes is 1. The van der Waals surface area contributed by atoms with Crippen LogP contribution < -0.4 is 4.74 Å². The molecule has 1 heterocycles. The van der Waals surface area contributed by atoms with Gasteiger partial charge in [-0.3, -0.25) is 9.59 Å². The molecule has 0 saturated carbocycles. The highest BCUT2D eigenvalue weighted by Crippen LogP contribution is 2.12. The molecule has 19 heavy (non-hydrogen) atoms. The molecule has 1 aromatic carbocycles. The third-order valence-corrected chi connectivity index (χ3v) is 3.21. The summed E-state index contributed by atoms with van der Waals surface area (Å²) in [5, 5.41) is 0. The molecule has 0 spiro atoms. The molecule has 1 aliphatic rings. The number of amides is 1. The first-order valence-corrected chi connectivity index (χ1v) is 6.33. The summed E-state index contributed by atoms with van der Waals surface area (Å²) in [5.41, 5.74) is 0.546. The molecule has 1 saturated heterocycles. The predicted octanol–water partition coefficient (Wildman–Crippen LogP) is 0.652. The van der Waals surface area contributed by atoms with Crippen molar-refractivity contribution < 1.29 is 14.3 Å². The van der Waals surface area contributed by atoms with Gasteiger partial charge in [0.2, 0.25) is 0 Å². The summed E-state index contributed by atoms with van der Waals surface area (Å²) in [6.07, 6.45) is 0.759. The number of piperazine rings is 1. The van der Waals surface area contributed by atoms with Crippen LogP contribution in [0.2, 0.25) is 0 Å². The van der Waals surface area contributed by atoms with E-state index in [2.05, 4.69) is 4.90 Å². The van der Waals surface area contributed by atoms with Crippen molar-refractivity contribution in [2.24, 2.45) is 0 Å². The number of carbonyl (C=O) groups excluding carboxylic acids is 2. The number of hydrogen-bond donors (Lipinski definition) is 0. The molecule has 0 aliphatic carbocycles. The standard InChI is InChI=1S/C14H18N2O3/c1-15-5-7-16(8-6-15)14(18)11-19-13-4-2-3-12(9-13)10-17/h2-4,9-10H,5-8,11H2,1H3. The van der Waals surface area contributed by atoms with Crippen LogP contribution in [0.1, 0.15) is 10.4 Å². The highest BCUT2D eigenvalue weighted by atomic mass is 16.5. The van der Waals surface area contributed by atoms with Crippen LogP contribution >= 0.6 is 0 Å². The molecule has 0 aromatic heterocycles. The van der Waals surface area contributed by atoms with Crippen molar-refractivity contribution in [1.29, 1.82) is 0 Å². The van der Waals surface area contributed by atoms with Gasteiger partial charge in [-0.05, 0) is 19.2 Å². The number of hydrogen-bond acceptors (Lipinski definition) is 4. The van der Waals surface area contributed by atoms with Crippen molar-refractivity contribution in [3.63, 3.8) is 0 Å². The molecule has 0 N–H and O–H groups in total. The Labute approximate surface area is 112 Å². The Morgan fingerprint density at radius 2 is 2.05 bits per heavy atom. The minimum Gasteiger partial charge on any atom is -0.484 e. The largest absolute Gasteiger partial charge is 0.484 e. The average molecular weight is 262 g/mol. The Balaban J connectivity index is 1.84. The zero-order valence-electron chi connectivity index (χ0n) is 11.0. The number of ether oxygens (including phenoxy) is 1. The van der Waals surface area contributed by atoms with Crippen molar-refractivity contribution in [1.82, 2.24) is 9.80 Å². The molecule has 1 aliphatic heterocycles. The maximum Gasteiger partial charge on any atom is 0.260 e. The molecule has 0 bridgehead atoms. The van der Waals surface area contributed by atoms with Crippen LogP contribution in [0.4, 0.5) is 0 Å². The van der Waals surface area contributed by atoms with Gasteiger partial charge < -0.3 is 14.5 Å².